The van der Waals surface area contributed by atoms with Crippen molar-refractivity contribution in [3.63, 3.8) is 0 Å². The van der Waals surface area contributed by atoms with Crippen molar-refractivity contribution < 1.29 is 9.59 Å². The van der Waals surface area contributed by atoms with Crippen molar-refractivity contribution in [3.05, 3.63) is 79.5 Å². The number of halogens is 2. The fourth-order valence-electron chi connectivity index (χ4n) is 4.39. The number of hydrogen-bond acceptors (Lipinski definition) is 5. The standard InChI is InChI=1S/C24H19Br2N3O2S/c1-12-20(23(31)29-24-28-16-10-9-15(26)11-19(16)32-24)21(13-5-7-14(25)8-6-13)22-17(27-12)3-2-4-18(22)30/h5-11,21,27H,2-4H2,1H3,(H,28,29,31). The largest absolute Gasteiger partial charge is 0.362 e. The lowest BCUT2D eigenvalue weighted by Gasteiger charge is -2.34. The summed E-state index contributed by atoms with van der Waals surface area (Å²) in [5, 5.41) is 6.88. The predicted octanol–water partition coefficient (Wildman–Crippen LogP) is 6.43. The molecule has 0 spiro atoms. The number of carbonyl (C=O) groups excluding carboxylic acids is 2. The van der Waals surface area contributed by atoms with Crippen LogP contribution in [-0.4, -0.2) is 16.7 Å². The Morgan fingerprint density at radius 3 is 2.66 bits per heavy atom. The van der Waals surface area contributed by atoms with Gasteiger partial charge in [-0.3, -0.25) is 14.9 Å². The minimum absolute atomic E-state index is 0.106. The Morgan fingerprint density at radius 2 is 1.88 bits per heavy atom. The minimum atomic E-state index is -0.407. The molecule has 1 amide bonds. The van der Waals surface area contributed by atoms with Crippen LogP contribution < -0.4 is 10.6 Å². The van der Waals surface area contributed by atoms with Crippen LogP contribution in [0.2, 0.25) is 0 Å². The number of nitrogens with one attached hydrogen (secondary N) is 2. The summed E-state index contributed by atoms with van der Waals surface area (Å²) in [7, 11) is 0. The summed E-state index contributed by atoms with van der Waals surface area (Å²) in [5.41, 5.74) is 4.73. The zero-order valence-corrected chi connectivity index (χ0v) is 21.2. The fraction of sp³-hybridized carbons (Fsp3) is 0.208. The van der Waals surface area contributed by atoms with Crippen LogP contribution in [0, 0.1) is 0 Å². The fourth-order valence-corrected chi connectivity index (χ4v) is 6.07. The van der Waals surface area contributed by atoms with E-state index < -0.39 is 5.92 Å². The number of hydrogen-bond donors (Lipinski definition) is 2. The summed E-state index contributed by atoms with van der Waals surface area (Å²) < 4.78 is 2.90. The number of dihydropyridines is 1. The average molecular weight is 573 g/mol. The first kappa shape index (κ1) is 21.6. The molecule has 2 aromatic carbocycles. The lowest BCUT2D eigenvalue weighted by atomic mass is 9.75. The molecule has 0 saturated carbocycles. The number of Topliss-reactive ketones (excluding diaryl/α,β-unsaturated/α-hetero) is 1. The zero-order chi connectivity index (χ0) is 22.4. The van der Waals surface area contributed by atoms with Crippen molar-refractivity contribution in [2.24, 2.45) is 0 Å². The molecular weight excluding hydrogens is 554 g/mol. The Morgan fingerprint density at radius 1 is 1.12 bits per heavy atom. The van der Waals surface area contributed by atoms with Gasteiger partial charge in [0.2, 0.25) is 0 Å². The summed E-state index contributed by atoms with van der Waals surface area (Å²) >= 11 is 8.38. The highest BCUT2D eigenvalue weighted by Gasteiger charge is 2.38. The van der Waals surface area contributed by atoms with Crippen LogP contribution in [0.4, 0.5) is 5.13 Å². The van der Waals surface area contributed by atoms with Gasteiger partial charge in [-0.25, -0.2) is 4.98 Å². The van der Waals surface area contributed by atoms with Crippen molar-refractivity contribution in [3.8, 4) is 0 Å². The van der Waals surface area contributed by atoms with E-state index in [1.165, 1.54) is 11.3 Å². The summed E-state index contributed by atoms with van der Waals surface area (Å²) in [5.74, 6) is -0.545. The van der Waals surface area contributed by atoms with E-state index >= 15 is 0 Å². The molecule has 5 rings (SSSR count). The monoisotopic (exact) mass is 571 g/mol. The molecule has 1 aliphatic carbocycles. The Bertz CT molecular complexity index is 1320. The third-order valence-electron chi connectivity index (χ3n) is 5.79. The van der Waals surface area contributed by atoms with Gasteiger partial charge in [-0.2, -0.15) is 0 Å². The zero-order valence-electron chi connectivity index (χ0n) is 17.2. The summed E-state index contributed by atoms with van der Waals surface area (Å²) in [6.45, 7) is 1.90. The second-order valence-electron chi connectivity index (χ2n) is 7.90. The van der Waals surface area contributed by atoms with E-state index in [1.807, 2.05) is 49.4 Å². The third kappa shape index (κ3) is 3.95. The molecule has 2 heterocycles. The number of allylic oxidation sites excluding steroid dienone is 3. The molecule has 1 aliphatic heterocycles. The quantitative estimate of drug-likeness (QED) is 0.379. The molecular formula is C24H19Br2N3O2S. The van der Waals surface area contributed by atoms with Gasteiger partial charge in [0.15, 0.2) is 10.9 Å². The van der Waals surface area contributed by atoms with Gasteiger partial charge in [0.1, 0.15) is 0 Å². The van der Waals surface area contributed by atoms with Crippen LogP contribution in [-0.2, 0) is 9.59 Å². The number of ketones is 1. The number of nitrogens with zero attached hydrogens (tertiary/aromatic N) is 1. The highest BCUT2D eigenvalue weighted by atomic mass is 79.9. The number of amides is 1. The number of rotatable bonds is 3. The van der Waals surface area contributed by atoms with E-state index in [0.29, 0.717) is 22.7 Å². The number of fused-ring (bicyclic) bond motifs is 1. The number of thiazole rings is 1. The summed E-state index contributed by atoms with van der Waals surface area (Å²) in [4.78, 5) is 31.1. The second kappa shape index (κ2) is 8.57. The smallest absolute Gasteiger partial charge is 0.256 e. The normalized spacial score (nSPS) is 18.6. The van der Waals surface area contributed by atoms with Gasteiger partial charge in [-0.05, 0) is 55.7 Å². The minimum Gasteiger partial charge on any atom is -0.362 e. The highest BCUT2D eigenvalue weighted by Crippen LogP contribution is 2.43. The first-order valence-corrected chi connectivity index (χ1v) is 12.7. The van der Waals surface area contributed by atoms with Crippen molar-refractivity contribution in [2.45, 2.75) is 32.1 Å². The SMILES string of the molecule is CC1=C(C(=O)Nc2nc3ccc(Br)cc3s2)C(c2ccc(Br)cc2)C2=C(CCCC2=O)N1. The molecule has 8 heteroatoms. The van der Waals surface area contributed by atoms with Gasteiger partial charge in [-0.1, -0.05) is 55.3 Å². The Hall–Kier alpha value is -2.29. The number of aromatic nitrogens is 1. The molecule has 2 N–H and O–H groups in total. The van der Waals surface area contributed by atoms with Crippen LogP contribution in [0.1, 0.15) is 37.7 Å². The Balaban J connectivity index is 1.55. The van der Waals surface area contributed by atoms with Crippen LogP contribution in [0.3, 0.4) is 0 Å². The first-order valence-electron chi connectivity index (χ1n) is 10.3. The van der Waals surface area contributed by atoms with Gasteiger partial charge >= 0.3 is 0 Å². The van der Waals surface area contributed by atoms with E-state index in [4.69, 9.17) is 0 Å². The molecule has 0 fully saturated rings. The van der Waals surface area contributed by atoms with Crippen molar-refractivity contribution in [2.75, 3.05) is 5.32 Å². The Kier molecular flexibility index (Phi) is 5.77. The number of carbonyl (C=O) groups is 2. The first-order chi connectivity index (χ1) is 15.4. The van der Waals surface area contributed by atoms with Crippen LogP contribution in [0.5, 0.6) is 0 Å². The van der Waals surface area contributed by atoms with Crippen LogP contribution in [0.25, 0.3) is 10.2 Å². The van der Waals surface area contributed by atoms with E-state index in [1.54, 1.807) is 0 Å². The lowest BCUT2D eigenvalue weighted by Crippen LogP contribution is -2.35. The van der Waals surface area contributed by atoms with Gasteiger partial charge in [0.25, 0.3) is 5.91 Å². The van der Waals surface area contributed by atoms with Gasteiger partial charge in [-0.15, -0.1) is 0 Å². The molecule has 162 valence electrons. The van der Waals surface area contributed by atoms with Crippen molar-refractivity contribution >= 4 is 70.2 Å². The molecule has 0 bridgehead atoms. The van der Waals surface area contributed by atoms with Gasteiger partial charge < -0.3 is 5.32 Å². The lowest BCUT2D eigenvalue weighted by molar-refractivity contribution is -0.116. The molecule has 0 radical (unpaired) electrons. The van der Waals surface area contributed by atoms with Crippen molar-refractivity contribution in [1.29, 1.82) is 0 Å². The topological polar surface area (TPSA) is 71.1 Å². The molecule has 5 nitrogen and oxygen atoms in total. The number of anilines is 1. The van der Waals surface area contributed by atoms with Crippen LogP contribution >= 0.6 is 43.2 Å². The summed E-state index contributed by atoms with van der Waals surface area (Å²) in [6, 6.07) is 13.7. The van der Waals surface area contributed by atoms with E-state index in [2.05, 4.69) is 47.5 Å². The number of benzene rings is 2. The van der Waals surface area contributed by atoms with E-state index in [-0.39, 0.29) is 11.7 Å². The molecule has 0 saturated heterocycles. The average Bonchev–Trinajstić information content (AvgIpc) is 3.14. The molecule has 1 atom stereocenters. The second-order valence-corrected chi connectivity index (χ2v) is 10.8. The molecule has 3 aromatic rings. The maximum absolute atomic E-state index is 13.6. The van der Waals surface area contributed by atoms with Gasteiger partial charge in [0.05, 0.1) is 10.2 Å². The van der Waals surface area contributed by atoms with Gasteiger partial charge in [0, 0.05) is 43.8 Å². The summed E-state index contributed by atoms with van der Waals surface area (Å²) in [6.07, 6.45) is 2.15. The molecule has 1 unspecified atom stereocenters. The maximum atomic E-state index is 13.6. The highest BCUT2D eigenvalue weighted by molar-refractivity contribution is 9.10. The molecule has 2 aliphatic rings. The predicted molar refractivity (Wildman–Crippen MR) is 135 cm³/mol. The molecule has 1 aromatic heterocycles. The van der Waals surface area contributed by atoms with Crippen LogP contribution in [0.15, 0.2) is 74.0 Å². The Labute approximate surface area is 206 Å². The van der Waals surface area contributed by atoms with E-state index in [9.17, 15) is 9.59 Å². The van der Waals surface area contributed by atoms with E-state index in [0.717, 1.165) is 49.0 Å². The third-order valence-corrected chi connectivity index (χ3v) is 7.75. The maximum Gasteiger partial charge on any atom is 0.256 e. The van der Waals surface area contributed by atoms with Crippen molar-refractivity contribution in [1.82, 2.24) is 10.3 Å². The molecule has 32 heavy (non-hydrogen) atoms.